The maximum atomic E-state index is 13.7. The van der Waals surface area contributed by atoms with Crippen LogP contribution in [0, 0.1) is 5.92 Å². The molecule has 0 saturated heterocycles. The maximum absolute atomic E-state index is 13.7. The Morgan fingerprint density at radius 1 is 0.917 bits per heavy atom. The van der Waals surface area contributed by atoms with Gasteiger partial charge in [0.1, 0.15) is 18.1 Å². The number of likely N-dealkylation sites (N-methyl/N-ethyl adjacent to an activating group) is 1. The van der Waals surface area contributed by atoms with Crippen molar-refractivity contribution in [2.75, 3.05) is 46.9 Å². The summed E-state index contributed by atoms with van der Waals surface area (Å²) in [4.78, 5) is 70.4. The van der Waals surface area contributed by atoms with Crippen LogP contribution in [0.3, 0.4) is 0 Å². The number of carbonyl (C=O) groups is 5. The first-order valence-electron chi connectivity index (χ1n) is 16.7. The molecule has 0 fully saturated rings. The van der Waals surface area contributed by atoms with Crippen LogP contribution < -0.4 is 21.3 Å². The van der Waals surface area contributed by atoms with Crippen LogP contribution in [0.25, 0.3) is 0 Å². The first-order valence-corrected chi connectivity index (χ1v) is 16.7. The maximum Gasteiger partial charge on any atom is 0.251 e. The lowest BCUT2D eigenvalue weighted by Gasteiger charge is -2.26. The van der Waals surface area contributed by atoms with Crippen molar-refractivity contribution in [3.8, 4) is 0 Å². The van der Waals surface area contributed by atoms with E-state index in [1.807, 2.05) is 68.3 Å². The zero-order valence-electron chi connectivity index (χ0n) is 28.9. The molecular weight excluding hydrogens is 612 g/mol. The van der Waals surface area contributed by atoms with Gasteiger partial charge >= 0.3 is 0 Å². The highest BCUT2D eigenvalue weighted by Crippen LogP contribution is 2.13. The highest BCUT2D eigenvalue weighted by molar-refractivity contribution is 5.99. The van der Waals surface area contributed by atoms with Gasteiger partial charge in [0.05, 0.1) is 13.2 Å². The normalized spacial score (nSPS) is 20.5. The van der Waals surface area contributed by atoms with Gasteiger partial charge in [-0.15, -0.1) is 0 Å². The summed E-state index contributed by atoms with van der Waals surface area (Å²) in [5.74, 6) is -1.73. The van der Waals surface area contributed by atoms with E-state index >= 15 is 0 Å². The molecule has 5 amide bonds. The molecule has 48 heavy (non-hydrogen) atoms. The van der Waals surface area contributed by atoms with Gasteiger partial charge in [0.25, 0.3) is 5.91 Å². The molecule has 2 aliphatic heterocycles. The van der Waals surface area contributed by atoms with E-state index in [9.17, 15) is 24.0 Å². The summed E-state index contributed by atoms with van der Waals surface area (Å²) < 4.78 is 5.14. The fourth-order valence-electron chi connectivity index (χ4n) is 5.38. The van der Waals surface area contributed by atoms with Gasteiger partial charge < -0.3 is 30.9 Å². The summed E-state index contributed by atoms with van der Waals surface area (Å²) in [5, 5.41) is 11.3. The Labute approximate surface area is 284 Å². The van der Waals surface area contributed by atoms with Crippen LogP contribution in [0.15, 0.2) is 54.6 Å². The predicted molar refractivity (Wildman–Crippen MR) is 184 cm³/mol. The highest BCUT2D eigenvalue weighted by Gasteiger charge is 2.29. The molecule has 0 unspecified atom stereocenters. The van der Waals surface area contributed by atoms with Gasteiger partial charge in [0.15, 0.2) is 0 Å². The molecule has 2 heterocycles. The Hall–Kier alpha value is -4.29. The van der Waals surface area contributed by atoms with Crippen molar-refractivity contribution in [3.63, 3.8) is 0 Å². The lowest BCUT2D eigenvalue weighted by atomic mass is 10.0. The molecule has 2 aliphatic rings. The fourth-order valence-corrected chi connectivity index (χ4v) is 5.38. The fraction of sp³-hybridized carbons (Fsp3) is 0.528. The van der Waals surface area contributed by atoms with Crippen LogP contribution in [-0.4, -0.2) is 104 Å². The lowest BCUT2D eigenvalue weighted by Crippen LogP contribution is -2.57. The van der Waals surface area contributed by atoms with E-state index < -0.39 is 35.8 Å². The molecule has 2 aromatic carbocycles. The standard InChI is InChI=1S/C36H52N6O6/c1-25(2)21-30-35(46)38-26(3)33(44)37-17-9-10-18-42(32(43)24-41(4)19-20-48-5)23-28-13-15-29(16-14-28)34(45)39-31(36(47)40-30)22-27-11-7-6-8-12-27/h6-8,11-16,25-26,30-31H,9-10,17-24H2,1-5H3,(H,37,44)(H,38,46)(H,39,45)(H,40,47)/t26-,30+,31-/m1/s1. The van der Waals surface area contributed by atoms with Crippen molar-refractivity contribution in [2.24, 2.45) is 5.92 Å². The molecule has 3 atom stereocenters. The number of fused-ring (bicyclic) bond motifs is 18. The van der Waals surface area contributed by atoms with E-state index in [1.165, 1.54) is 0 Å². The van der Waals surface area contributed by atoms with Crippen molar-refractivity contribution < 1.29 is 28.7 Å². The van der Waals surface area contributed by atoms with Crippen molar-refractivity contribution in [1.29, 1.82) is 0 Å². The van der Waals surface area contributed by atoms with Gasteiger partial charge in [-0.3, -0.25) is 28.9 Å². The number of methoxy groups -OCH3 is 1. The highest BCUT2D eigenvalue weighted by atomic mass is 16.5. The molecule has 0 spiro atoms. The van der Waals surface area contributed by atoms with E-state index in [0.29, 0.717) is 57.6 Å². The number of hydrogen-bond donors (Lipinski definition) is 4. The van der Waals surface area contributed by atoms with E-state index in [1.54, 1.807) is 31.1 Å². The minimum absolute atomic E-state index is 0.0418. The smallest absolute Gasteiger partial charge is 0.251 e. The summed E-state index contributed by atoms with van der Waals surface area (Å²) in [5.41, 5.74) is 2.06. The average molecular weight is 665 g/mol. The molecule has 12 nitrogen and oxygen atoms in total. The number of hydrogen-bond acceptors (Lipinski definition) is 7. The van der Waals surface area contributed by atoms with E-state index in [2.05, 4.69) is 21.3 Å². The topological polar surface area (TPSA) is 149 Å². The molecule has 12 heteroatoms. The van der Waals surface area contributed by atoms with Crippen LogP contribution in [0.2, 0.25) is 0 Å². The number of nitrogens with zero attached hydrogens (tertiary/aromatic N) is 2. The summed E-state index contributed by atoms with van der Waals surface area (Å²) >= 11 is 0. The lowest BCUT2D eigenvalue weighted by molar-refractivity contribution is -0.133. The summed E-state index contributed by atoms with van der Waals surface area (Å²) in [6, 6.07) is 13.6. The average Bonchev–Trinajstić information content (AvgIpc) is 3.05. The van der Waals surface area contributed by atoms with Gasteiger partial charge in [0, 0.05) is 45.3 Å². The summed E-state index contributed by atoms with van der Waals surface area (Å²) in [6.45, 7) is 8.04. The Bertz CT molecular complexity index is 1350. The van der Waals surface area contributed by atoms with Gasteiger partial charge in [-0.1, -0.05) is 56.3 Å². The summed E-state index contributed by atoms with van der Waals surface area (Å²) in [7, 11) is 3.49. The third-order valence-corrected chi connectivity index (χ3v) is 8.18. The number of rotatable bonds is 9. The molecular formula is C36H52N6O6. The zero-order chi connectivity index (χ0) is 35.1. The second-order valence-electron chi connectivity index (χ2n) is 12.9. The first-order chi connectivity index (χ1) is 23.0. The van der Waals surface area contributed by atoms with E-state index in [4.69, 9.17) is 4.74 Å². The minimum atomic E-state index is -0.972. The van der Waals surface area contributed by atoms with Crippen molar-refractivity contribution in [1.82, 2.24) is 31.1 Å². The zero-order valence-corrected chi connectivity index (χ0v) is 28.9. The first kappa shape index (κ1) is 38.2. The van der Waals surface area contributed by atoms with E-state index in [-0.39, 0.29) is 30.7 Å². The van der Waals surface area contributed by atoms with Crippen LogP contribution in [0.4, 0.5) is 0 Å². The van der Waals surface area contributed by atoms with Crippen molar-refractivity contribution in [2.45, 2.75) is 71.1 Å². The van der Waals surface area contributed by atoms with Gasteiger partial charge in [0.2, 0.25) is 23.6 Å². The number of ether oxygens (including phenoxy) is 1. The van der Waals surface area contributed by atoms with Gasteiger partial charge in [-0.05, 0) is 62.4 Å². The monoisotopic (exact) mass is 664 g/mol. The second kappa shape index (κ2) is 19.5. The molecule has 0 aliphatic carbocycles. The van der Waals surface area contributed by atoms with Crippen LogP contribution in [0.1, 0.15) is 61.5 Å². The molecule has 0 saturated carbocycles. The number of nitrogens with one attached hydrogen (secondary N) is 4. The number of amides is 5. The molecule has 0 aromatic heterocycles. The van der Waals surface area contributed by atoms with Crippen LogP contribution >= 0.6 is 0 Å². The molecule has 0 radical (unpaired) electrons. The summed E-state index contributed by atoms with van der Waals surface area (Å²) in [6.07, 6.45) is 1.84. The Kier molecular flexibility index (Phi) is 15.5. The molecule has 2 aromatic rings. The Balaban J connectivity index is 1.89. The van der Waals surface area contributed by atoms with Gasteiger partial charge in [-0.25, -0.2) is 0 Å². The quantitative estimate of drug-likeness (QED) is 0.299. The second-order valence-corrected chi connectivity index (χ2v) is 12.9. The van der Waals surface area contributed by atoms with Crippen LogP contribution in [0.5, 0.6) is 0 Å². The SMILES string of the molecule is COCCN(C)CC(=O)N1CCCCNC(=O)[C@@H](C)NC(=O)[C@H](CC(C)C)NC(=O)[C@@H](Cc2ccccc2)NC(=O)c2ccc(cc2)C1. The third kappa shape index (κ3) is 12.7. The van der Waals surface area contributed by atoms with Crippen LogP contribution in [-0.2, 0) is 36.9 Å². The Morgan fingerprint density at radius 2 is 1.60 bits per heavy atom. The molecule has 4 rings (SSSR count). The minimum Gasteiger partial charge on any atom is -0.383 e. The van der Waals surface area contributed by atoms with Crippen molar-refractivity contribution >= 4 is 29.5 Å². The Morgan fingerprint density at radius 3 is 2.27 bits per heavy atom. The molecule has 262 valence electrons. The largest absolute Gasteiger partial charge is 0.383 e. The van der Waals surface area contributed by atoms with E-state index in [0.717, 1.165) is 11.1 Å². The molecule has 2 bridgehead atoms. The van der Waals surface area contributed by atoms with Crippen molar-refractivity contribution in [3.05, 3.63) is 71.3 Å². The third-order valence-electron chi connectivity index (χ3n) is 8.18. The van der Waals surface area contributed by atoms with Gasteiger partial charge in [-0.2, -0.15) is 0 Å². The number of carbonyl (C=O) groups excluding carboxylic acids is 5. The number of benzene rings is 2. The predicted octanol–water partition coefficient (Wildman–Crippen LogP) is 1.88. The molecule has 4 N–H and O–H groups in total.